The van der Waals surface area contributed by atoms with Gasteiger partial charge in [0.15, 0.2) is 5.58 Å². The van der Waals surface area contributed by atoms with E-state index in [1.54, 1.807) is 0 Å². The second kappa shape index (κ2) is 20.9. The number of imidazole rings is 2. The van der Waals surface area contributed by atoms with E-state index in [9.17, 15) is 0 Å². The Morgan fingerprint density at radius 2 is 0.611 bits per heavy atom. The first-order valence-corrected chi connectivity index (χ1v) is 32.4. The Balaban J connectivity index is 0.621. The highest BCUT2D eigenvalue weighted by atomic mass is 16.3. The summed E-state index contributed by atoms with van der Waals surface area (Å²) in [5.41, 5.74) is 27.0. The number of oxazole rings is 1. The Hall–Kier alpha value is -12.8. The highest BCUT2D eigenvalue weighted by molar-refractivity contribution is 6.22. The molecule has 6 nitrogen and oxygen atoms in total. The van der Waals surface area contributed by atoms with Crippen molar-refractivity contribution in [2.75, 3.05) is 0 Å². The summed E-state index contributed by atoms with van der Waals surface area (Å²) in [4.78, 5) is 15.5. The number of aromatic nitrogens is 5. The van der Waals surface area contributed by atoms with Gasteiger partial charge in [0.1, 0.15) is 16.8 Å². The fraction of sp³-hybridized carbons (Fsp3) is 0. The van der Waals surface area contributed by atoms with Crippen molar-refractivity contribution in [1.82, 2.24) is 23.8 Å². The highest BCUT2D eigenvalue weighted by Crippen LogP contribution is 2.47. The van der Waals surface area contributed by atoms with Crippen LogP contribution in [0.4, 0.5) is 0 Å². The highest BCUT2D eigenvalue weighted by Gasteiger charge is 2.22. The quantitative estimate of drug-likeness (QED) is 0.112. The molecule has 0 radical (unpaired) electrons. The van der Waals surface area contributed by atoms with E-state index in [4.69, 9.17) is 19.4 Å². The van der Waals surface area contributed by atoms with Crippen molar-refractivity contribution in [1.29, 1.82) is 0 Å². The van der Waals surface area contributed by atoms with Gasteiger partial charge < -0.3 is 4.42 Å². The molecule has 15 aromatic carbocycles. The monoisotopic (exact) mass is 1210 g/mol. The summed E-state index contributed by atoms with van der Waals surface area (Å²) in [6.45, 7) is 0. The number of benzene rings is 15. The molecule has 0 unspecified atom stereocenters. The molecule has 20 aromatic rings. The van der Waals surface area contributed by atoms with Crippen LogP contribution in [-0.4, -0.2) is 23.8 Å². The third-order valence-corrected chi connectivity index (χ3v) is 19.7. The molecule has 0 atom stereocenters. The molecule has 0 saturated heterocycles. The van der Waals surface area contributed by atoms with E-state index < -0.39 is 0 Å². The predicted octanol–water partition coefficient (Wildman–Crippen LogP) is 23.7. The first-order chi connectivity index (χ1) is 47.1. The van der Waals surface area contributed by atoms with E-state index in [2.05, 4.69) is 324 Å². The lowest BCUT2D eigenvalue weighted by molar-refractivity contribution is 0.620. The number of hydrogen-bond acceptors (Lipinski definition) is 4. The van der Waals surface area contributed by atoms with Crippen molar-refractivity contribution in [3.63, 3.8) is 0 Å². The van der Waals surface area contributed by atoms with Gasteiger partial charge in [-0.05, 0) is 171 Å². The Morgan fingerprint density at radius 3 is 1.20 bits per heavy atom. The standard InChI is InChI=1S/C89H53N5O/c1-2-16-58(17-3-1)85-72-23-7-6-22-71(72)84(73-49-46-63(51-76(73)85)61-18-14-19-62(50-61)65-45-48-70-68-21-5-9-25-75(68)88-91-78-28-11-13-30-80(78)94(88)82(70)53-65)59-40-38-57(39-41-59)66-26-15-31-83-86(66)92-89(95-83)60-42-36-55(37-43-60)54-32-34-56(35-33-54)64-44-47-69-67-20-4-8-24-74(67)87-90-77-27-10-12-29-79(77)93(87)81(69)52-64/h1-53H. The Kier molecular flexibility index (Phi) is 11.6. The van der Waals surface area contributed by atoms with Gasteiger partial charge in [-0.25, -0.2) is 15.0 Å². The second-order valence-corrected chi connectivity index (χ2v) is 25.0. The molecule has 0 N–H and O–H groups in total. The van der Waals surface area contributed by atoms with Crippen LogP contribution in [0.15, 0.2) is 326 Å². The molecule has 95 heavy (non-hydrogen) atoms. The summed E-state index contributed by atoms with van der Waals surface area (Å²) < 4.78 is 11.2. The van der Waals surface area contributed by atoms with Crippen molar-refractivity contribution >= 4 is 109 Å². The normalized spacial score (nSPS) is 12.0. The molecule has 0 fully saturated rings. The largest absolute Gasteiger partial charge is 0.436 e. The van der Waals surface area contributed by atoms with E-state index in [1.165, 1.54) is 59.8 Å². The molecule has 6 heteroatoms. The predicted molar refractivity (Wildman–Crippen MR) is 395 cm³/mol. The summed E-state index contributed by atoms with van der Waals surface area (Å²) in [6.07, 6.45) is 0. The van der Waals surface area contributed by atoms with Crippen LogP contribution in [0, 0.1) is 0 Å². The number of nitrogens with zero attached hydrogens (tertiary/aromatic N) is 5. The smallest absolute Gasteiger partial charge is 0.227 e. The number of pyridine rings is 2. The van der Waals surface area contributed by atoms with Crippen LogP contribution in [0.3, 0.4) is 0 Å². The molecule has 5 aromatic heterocycles. The van der Waals surface area contributed by atoms with E-state index in [0.29, 0.717) is 5.89 Å². The molecule has 0 saturated carbocycles. The zero-order valence-electron chi connectivity index (χ0n) is 51.2. The lowest BCUT2D eigenvalue weighted by Crippen LogP contribution is -1.93. The van der Waals surface area contributed by atoms with Gasteiger partial charge in [-0.15, -0.1) is 0 Å². The van der Waals surface area contributed by atoms with E-state index in [0.717, 1.165) is 133 Å². The molecule has 0 amide bonds. The Morgan fingerprint density at radius 1 is 0.221 bits per heavy atom. The minimum Gasteiger partial charge on any atom is -0.436 e. The summed E-state index contributed by atoms with van der Waals surface area (Å²) in [5.74, 6) is 0.588. The van der Waals surface area contributed by atoms with Gasteiger partial charge in [0.2, 0.25) is 5.89 Å². The minimum atomic E-state index is 0.588. The van der Waals surface area contributed by atoms with Crippen LogP contribution in [0.5, 0.6) is 0 Å². The van der Waals surface area contributed by atoms with Crippen LogP contribution < -0.4 is 0 Å². The zero-order chi connectivity index (χ0) is 62.2. The van der Waals surface area contributed by atoms with Crippen LogP contribution >= 0.6 is 0 Å². The Bertz CT molecular complexity index is 6560. The maximum Gasteiger partial charge on any atom is 0.227 e. The summed E-state index contributed by atoms with van der Waals surface area (Å²) in [7, 11) is 0. The van der Waals surface area contributed by atoms with Gasteiger partial charge in [0.25, 0.3) is 0 Å². The van der Waals surface area contributed by atoms with Crippen molar-refractivity contribution in [3.05, 3.63) is 322 Å². The summed E-state index contributed by atoms with van der Waals surface area (Å²) >= 11 is 0. The molecule has 20 rings (SSSR count). The molecule has 0 bridgehead atoms. The first kappa shape index (κ1) is 52.9. The molecular formula is C89H53N5O. The molecular weight excluding hydrogens is 1160 g/mol. The maximum absolute atomic E-state index is 6.57. The molecule has 0 aliphatic heterocycles. The number of para-hydroxylation sites is 5. The van der Waals surface area contributed by atoms with Crippen LogP contribution in [0.1, 0.15) is 0 Å². The molecule has 0 spiro atoms. The lowest BCUT2D eigenvalue weighted by atomic mass is 9.84. The van der Waals surface area contributed by atoms with Crippen molar-refractivity contribution in [2.45, 2.75) is 0 Å². The third-order valence-electron chi connectivity index (χ3n) is 19.7. The third kappa shape index (κ3) is 8.34. The summed E-state index contributed by atoms with van der Waals surface area (Å²) in [6, 6.07) is 116. The molecule has 0 aliphatic carbocycles. The van der Waals surface area contributed by atoms with Gasteiger partial charge in [-0.2, -0.15) is 0 Å². The van der Waals surface area contributed by atoms with Gasteiger partial charge in [0.05, 0.1) is 33.1 Å². The number of hydrogen-bond donors (Lipinski definition) is 0. The lowest BCUT2D eigenvalue weighted by Gasteiger charge is -2.19. The fourth-order valence-corrected chi connectivity index (χ4v) is 15.2. The van der Waals surface area contributed by atoms with Gasteiger partial charge in [-0.1, -0.05) is 255 Å². The van der Waals surface area contributed by atoms with Crippen LogP contribution in [-0.2, 0) is 0 Å². The first-order valence-electron chi connectivity index (χ1n) is 32.4. The number of rotatable bonds is 8. The van der Waals surface area contributed by atoms with Gasteiger partial charge in [-0.3, -0.25) is 8.80 Å². The maximum atomic E-state index is 6.57. The van der Waals surface area contributed by atoms with Gasteiger partial charge >= 0.3 is 0 Å². The second-order valence-electron chi connectivity index (χ2n) is 25.0. The molecule has 0 aliphatic rings. The van der Waals surface area contributed by atoms with Gasteiger partial charge in [0, 0.05) is 32.7 Å². The van der Waals surface area contributed by atoms with Crippen molar-refractivity contribution in [3.8, 4) is 89.3 Å². The van der Waals surface area contributed by atoms with E-state index >= 15 is 0 Å². The van der Waals surface area contributed by atoms with Crippen LogP contribution in [0.25, 0.3) is 199 Å². The van der Waals surface area contributed by atoms with E-state index in [-0.39, 0.29) is 0 Å². The summed E-state index contributed by atoms with van der Waals surface area (Å²) in [5, 5.41) is 11.9. The number of fused-ring (bicyclic) bond motifs is 19. The van der Waals surface area contributed by atoms with Crippen molar-refractivity contribution < 1.29 is 4.42 Å². The average molecular weight is 1210 g/mol. The zero-order valence-corrected chi connectivity index (χ0v) is 51.2. The SMILES string of the molecule is c1ccc(-c2c3ccccc3c(-c3ccc(-c4cccc5oc(-c6ccc(-c7ccc(-c8ccc9c%10ccccc%10c%10nc%11ccccc%11n%10c9c8)cc7)cc6)nc45)cc3)c3ccc(-c4cccc(-c5ccc6c7ccccc7c7nc8ccccc8n7c6c5)c4)cc23)cc1. The molecule has 5 heterocycles. The Labute approximate surface area is 545 Å². The van der Waals surface area contributed by atoms with E-state index in [1.807, 2.05) is 6.07 Å². The van der Waals surface area contributed by atoms with Crippen LogP contribution in [0.2, 0.25) is 0 Å². The topological polar surface area (TPSA) is 60.6 Å². The average Bonchev–Trinajstić information content (AvgIpc) is 1.56. The molecule has 440 valence electrons. The fourth-order valence-electron chi connectivity index (χ4n) is 15.2. The minimum absolute atomic E-state index is 0.588. The van der Waals surface area contributed by atoms with Crippen molar-refractivity contribution in [2.24, 2.45) is 0 Å².